The molecular formula is C13H24N2O2. The molecule has 0 spiro atoms. The van der Waals surface area contributed by atoms with Gasteiger partial charge in [-0.15, -0.1) is 0 Å². The van der Waals surface area contributed by atoms with E-state index >= 15 is 0 Å². The van der Waals surface area contributed by atoms with Gasteiger partial charge in [-0.1, -0.05) is 25.7 Å². The van der Waals surface area contributed by atoms with Gasteiger partial charge in [0.15, 0.2) is 0 Å². The monoisotopic (exact) mass is 240 g/mol. The molecule has 1 unspecified atom stereocenters. The van der Waals surface area contributed by atoms with E-state index in [4.69, 9.17) is 10.5 Å². The maximum atomic E-state index is 11.3. The van der Waals surface area contributed by atoms with Crippen molar-refractivity contribution in [1.29, 1.82) is 0 Å². The van der Waals surface area contributed by atoms with Crippen LogP contribution in [0.15, 0.2) is 0 Å². The summed E-state index contributed by atoms with van der Waals surface area (Å²) in [7, 11) is 0. The van der Waals surface area contributed by atoms with Crippen LogP contribution in [0.2, 0.25) is 0 Å². The molecule has 2 saturated carbocycles. The van der Waals surface area contributed by atoms with Crippen molar-refractivity contribution in [3.05, 3.63) is 0 Å². The highest BCUT2D eigenvalue weighted by atomic mass is 16.5. The average Bonchev–Trinajstić information content (AvgIpc) is 3.11. The third-order valence-corrected chi connectivity index (χ3v) is 3.66. The first-order valence-electron chi connectivity index (χ1n) is 6.92. The van der Waals surface area contributed by atoms with Gasteiger partial charge < -0.3 is 15.8 Å². The van der Waals surface area contributed by atoms with Crippen molar-refractivity contribution in [2.75, 3.05) is 6.61 Å². The molecular weight excluding hydrogens is 216 g/mol. The number of ether oxygens (including phenoxy) is 1. The summed E-state index contributed by atoms with van der Waals surface area (Å²) >= 11 is 0. The number of rotatable bonds is 6. The summed E-state index contributed by atoms with van der Waals surface area (Å²) in [6.07, 6.45) is 10.1. The van der Waals surface area contributed by atoms with Crippen molar-refractivity contribution in [2.45, 2.75) is 69.6 Å². The average molecular weight is 240 g/mol. The second-order valence-corrected chi connectivity index (χ2v) is 5.34. The zero-order valence-electron chi connectivity index (χ0n) is 10.5. The van der Waals surface area contributed by atoms with E-state index in [9.17, 15) is 4.79 Å². The van der Waals surface area contributed by atoms with Gasteiger partial charge in [-0.05, 0) is 25.7 Å². The fourth-order valence-corrected chi connectivity index (χ4v) is 2.39. The number of amides is 1. The maximum Gasteiger partial charge on any atom is 0.236 e. The van der Waals surface area contributed by atoms with E-state index in [-0.39, 0.29) is 11.9 Å². The second-order valence-electron chi connectivity index (χ2n) is 5.34. The van der Waals surface area contributed by atoms with Crippen LogP contribution in [0.4, 0.5) is 0 Å². The van der Waals surface area contributed by atoms with Gasteiger partial charge in [-0.2, -0.15) is 0 Å². The minimum absolute atomic E-state index is 0.287. The lowest BCUT2D eigenvalue weighted by molar-refractivity contribution is -0.122. The van der Waals surface area contributed by atoms with Crippen molar-refractivity contribution in [2.24, 2.45) is 5.73 Å². The first kappa shape index (κ1) is 12.8. The quantitative estimate of drug-likeness (QED) is 0.688. The highest BCUT2D eigenvalue weighted by Gasteiger charge is 2.28. The van der Waals surface area contributed by atoms with Gasteiger partial charge >= 0.3 is 0 Å². The summed E-state index contributed by atoms with van der Waals surface area (Å²) in [6, 6.07) is 0.191. The number of nitrogens with one attached hydrogen (secondary N) is 1. The predicted octanol–water partition coefficient (Wildman–Crippen LogP) is 1.33. The minimum Gasteiger partial charge on any atom is -0.376 e. The van der Waals surface area contributed by atoms with E-state index in [1.807, 2.05) is 0 Å². The van der Waals surface area contributed by atoms with Gasteiger partial charge in [0, 0.05) is 6.04 Å². The molecule has 17 heavy (non-hydrogen) atoms. The van der Waals surface area contributed by atoms with E-state index in [0.717, 1.165) is 25.7 Å². The first-order chi connectivity index (χ1) is 8.25. The van der Waals surface area contributed by atoms with Crippen molar-refractivity contribution in [3.63, 3.8) is 0 Å². The summed E-state index contributed by atoms with van der Waals surface area (Å²) in [4.78, 5) is 11.3. The molecule has 98 valence electrons. The molecule has 2 fully saturated rings. The highest BCUT2D eigenvalue weighted by molar-refractivity contribution is 5.80. The normalized spacial score (nSPS) is 24.2. The van der Waals surface area contributed by atoms with Gasteiger partial charge in [-0.25, -0.2) is 0 Å². The molecule has 1 amide bonds. The molecule has 0 aromatic carbocycles. The largest absolute Gasteiger partial charge is 0.376 e. The molecule has 3 N–H and O–H groups in total. The predicted molar refractivity (Wildman–Crippen MR) is 66.6 cm³/mol. The Hall–Kier alpha value is -0.610. The molecule has 0 heterocycles. The standard InChI is InChI=1S/C13H24N2O2/c14-13(16)12(15-10-7-8-10)9-17-11-5-3-1-2-4-6-11/h10-12,15H,1-9H2,(H2,14,16). The lowest BCUT2D eigenvalue weighted by Crippen LogP contribution is -2.46. The summed E-state index contributed by atoms with van der Waals surface area (Å²) in [5.74, 6) is -0.287. The van der Waals surface area contributed by atoms with Crippen LogP contribution in [0.3, 0.4) is 0 Å². The highest BCUT2D eigenvalue weighted by Crippen LogP contribution is 2.21. The fourth-order valence-electron chi connectivity index (χ4n) is 2.39. The third-order valence-electron chi connectivity index (χ3n) is 3.66. The number of carbonyl (C=O) groups excluding carboxylic acids is 1. The Balaban J connectivity index is 1.71. The van der Waals surface area contributed by atoms with Crippen molar-refractivity contribution in [1.82, 2.24) is 5.32 Å². The van der Waals surface area contributed by atoms with Crippen LogP contribution in [0.1, 0.15) is 51.4 Å². The van der Waals surface area contributed by atoms with Gasteiger partial charge in [0.05, 0.1) is 12.7 Å². The first-order valence-corrected chi connectivity index (χ1v) is 6.92. The lowest BCUT2D eigenvalue weighted by Gasteiger charge is -2.20. The number of hydrogen-bond acceptors (Lipinski definition) is 3. The van der Waals surface area contributed by atoms with Gasteiger partial charge in [0.2, 0.25) is 5.91 Å². The van der Waals surface area contributed by atoms with Crippen LogP contribution in [-0.2, 0) is 9.53 Å². The molecule has 0 aromatic rings. The van der Waals surface area contributed by atoms with Gasteiger partial charge in [-0.3, -0.25) is 4.79 Å². The van der Waals surface area contributed by atoms with Crippen LogP contribution in [0.5, 0.6) is 0 Å². The molecule has 0 aromatic heterocycles. The zero-order valence-corrected chi connectivity index (χ0v) is 10.5. The number of carbonyl (C=O) groups is 1. The number of primary amides is 1. The number of nitrogens with two attached hydrogens (primary N) is 1. The van der Waals surface area contributed by atoms with Crippen LogP contribution < -0.4 is 11.1 Å². The molecule has 2 aliphatic carbocycles. The minimum atomic E-state index is -0.300. The SMILES string of the molecule is NC(=O)C(COC1CCCCCC1)NC1CC1. The lowest BCUT2D eigenvalue weighted by atomic mass is 10.1. The van der Waals surface area contributed by atoms with Crippen LogP contribution in [0.25, 0.3) is 0 Å². The molecule has 0 saturated heterocycles. The molecule has 0 aliphatic heterocycles. The van der Waals surface area contributed by atoms with E-state index in [0.29, 0.717) is 18.8 Å². The van der Waals surface area contributed by atoms with Crippen LogP contribution in [-0.4, -0.2) is 30.7 Å². The third kappa shape index (κ3) is 4.64. The van der Waals surface area contributed by atoms with Gasteiger partial charge in [0.1, 0.15) is 6.04 Å². The molecule has 0 radical (unpaired) electrons. The number of hydrogen-bond donors (Lipinski definition) is 2. The molecule has 2 aliphatic rings. The fraction of sp³-hybridized carbons (Fsp3) is 0.923. The van der Waals surface area contributed by atoms with E-state index in [1.54, 1.807) is 0 Å². The molecule has 4 nitrogen and oxygen atoms in total. The maximum absolute atomic E-state index is 11.3. The molecule has 0 bridgehead atoms. The summed E-state index contributed by atoms with van der Waals surface area (Å²) in [5, 5.41) is 3.25. The Morgan fingerprint density at radius 3 is 2.35 bits per heavy atom. The molecule has 2 rings (SSSR count). The molecule has 4 heteroatoms. The van der Waals surface area contributed by atoms with E-state index in [2.05, 4.69) is 5.32 Å². The molecule has 1 atom stereocenters. The second kappa shape index (κ2) is 6.36. The Bertz CT molecular complexity index is 246. The Morgan fingerprint density at radius 2 is 1.82 bits per heavy atom. The van der Waals surface area contributed by atoms with Crippen LogP contribution >= 0.6 is 0 Å². The van der Waals surface area contributed by atoms with E-state index < -0.39 is 0 Å². The van der Waals surface area contributed by atoms with Crippen molar-refractivity contribution in [3.8, 4) is 0 Å². The van der Waals surface area contributed by atoms with Gasteiger partial charge in [0.25, 0.3) is 0 Å². The topological polar surface area (TPSA) is 64.4 Å². The summed E-state index contributed by atoms with van der Waals surface area (Å²) in [5.41, 5.74) is 5.38. The summed E-state index contributed by atoms with van der Waals surface area (Å²) < 4.78 is 5.85. The smallest absolute Gasteiger partial charge is 0.236 e. The Kier molecular flexibility index (Phi) is 4.80. The summed E-state index contributed by atoms with van der Waals surface area (Å²) in [6.45, 7) is 0.441. The zero-order chi connectivity index (χ0) is 12.1. The Morgan fingerprint density at radius 1 is 1.18 bits per heavy atom. The van der Waals surface area contributed by atoms with E-state index in [1.165, 1.54) is 25.7 Å². The Labute approximate surface area is 103 Å². The van der Waals surface area contributed by atoms with Crippen LogP contribution in [0, 0.1) is 0 Å². The van der Waals surface area contributed by atoms with Crippen molar-refractivity contribution < 1.29 is 9.53 Å². The van der Waals surface area contributed by atoms with Crippen molar-refractivity contribution >= 4 is 5.91 Å².